The third-order valence-corrected chi connectivity index (χ3v) is 3.70. The first-order valence-corrected chi connectivity index (χ1v) is 6.11. The van der Waals surface area contributed by atoms with E-state index in [1.165, 1.54) is 0 Å². The number of nitrogens with zero attached hydrogens (tertiary/aromatic N) is 1. The summed E-state index contributed by atoms with van der Waals surface area (Å²) in [6, 6.07) is 6.46. The molecule has 0 aliphatic carbocycles. The van der Waals surface area contributed by atoms with Gasteiger partial charge in [0.05, 0.1) is 0 Å². The number of rotatable bonds is 3. The first-order chi connectivity index (χ1) is 8.15. The van der Waals surface area contributed by atoms with Crippen molar-refractivity contribution in [1.29, 1.82) is 0 Å². The quantitative estimate of drug-likeness (QED) is 0.808. The van der Waals surface area contributed by atoms with Crippen LogP contribution in [-0.2, 0) is 0 Å². The van der Waals surface area contributed by atoms with Crippen molar-refractivity contribution in [3.8, 4) is 0 Å². The molecule has 3 heteroatoms. The van der Waals surface area contributed by atoms with Gasteiger partial charge < -0.3 is 5.73 Å². The van der Waals surface area contributed by atoms with E-state index < -0.39 is 0 Å². The first kappa shape index (κ1) is 12.3. The van der Waals surface area contributed by atoms with E-state index in [0.717, 1.165) is 42.5 Å². The van der Waals surface area contributed by atoms with E-state index in [9.17, 15) is 4.79 Å². The molecule has 1 fully saturated rings. The van der Waals surface area contributed by atoms with Gasteiger partial charge in [-0.1, -0.05) is 17.7 Å². The van der Waals surface area contributed by atoms with Gasteiger partial charge in [-0.05, 0) is 44.5 Å². The minimum atomic E-state index is 0.337. The molecule has 0 spiro atoms. The van der Waals surface area contributed by atoms with Gasteiger partial charge in [-0.25, -0.2) is 0 Å². The van der Waals surface area contributed by atoms with Crippen LogP contribution in [0.15, 0.2) is 18.2 Å². The maximum absolute atomic E-state index is 11.2. The van der Waals surface area contributed by atoms with E-state index in [1.807, 2.05) is 13.0 Å². The van der Waals surface area contributed by atoms with Crippen molar-refractivity contribution in [3.63, 3.8) is 0 Å². The van der Waals surface area contributed by atoms with Crippen LogP contribution in [0.25, 0.3) is 0 Å². The topological polar surface area (TPSA) is 46.3 Å². The second-order valence-electron chi connectivity index (χ2n) is 5.04. The molecule has 0 saturated carbocycles. The lowest BCUT2D eigenvalue weighted by Gasteiger charge is -2.21. The molecular formula is C14H20N2O. The number of likely N-dealkylation sites (tertiary alicyclic amines) is 1. The largest absolute Gasteiger partial charge is 0.330 e. The highest BCUT2D eigenvalue weighted by molar-refractivity contribution is 5.78. The van der Waals surface area contributed by atoms with Gasteiger partial charge >= 0.3 is 0 Å². The van der Waals surface area contributed by atoms with Gasteiger partial charge in [-0.15, -0.1) is 0 Å². The third kappa shape index (κ3) is 2.40. The molecule has 0 radical (unpaired) electrons. The van der Waals surface area contributed by atoms with Gasteiger partial charge in [0.15, 0.2) is 0 Å². The van der Waals surface area contributed by atoms with Crippen LogP contribution in [0, 0.1) is 12.8 Å². The molecule has 0 aromatic heterocycles. The second-order valence-corrected chi connectivity index (χ2v) is 5.04. The van der Waals surface area contributed by atoms with Crippen molar-refractivity contribution >= 4 is 6.29 Å². The summed E-state index contributed by atoms with van der Waals surface area (Å²) in [5.41, 5.74) is 8.83. The maximum atomic E-state index is 11.2. The summed E-state index contributed by atoms with van der Waals surface area (Å²) < 4.78 is 0. The standard InChI is InChI=1S/C14H20N2O/c1-10-3-4-13(12(5-10)9-17)14-6-11(7-15)8-16(14)2/h3-5,9,11,14H,6-8,15H2,1-2H3. The van der Waals surface area contributed by atoms with Crippen LogP contribution >= 0.6 is 0 Å². The van der Waals surface area contributed by atoms with Gasteiger partial charge in [-0.3, -0.25) is 9.69 Å². The number of aldehydes is 1. The average molecular weight is 232 g/mol. The zero-order valence-electron chi connectivity index (χ0n) is 10.5. The van der Waals surface area contributed by atoms with Crippen molar-refractivity contribution in [2.75, 3.05) is 20.1 Å². The summed E-state index contributed by atoms with van der Waals surface area (Å²) in [4.78, 5) is 13.5. The zero-order valence-corrected chi connectivity index (χ0v) is 10.5. The molecule has 1 heterocycles. The molecule has 1 aliphatic rings. The van der Waals surface area contributed by atoms with Crippen molar-refractivity contribution in [1.82, 2.24) is 4.90 Å². The first-order valence-electron chi connectivity index (χ1n) is 6.11. The van der Waals surface area contributed by atoms with E-state index in [4.69, 9.17) is 5.73 Å². The smallest absolute Gasteiger partial charge is 0.150 e. The van der Waals surface area contributed by atoms with E-state index in [-0.39, 0.29) is 0 Å². The number of aryl methyl sites for hydroxylation is 1. The Bertz CT molecular complexity index is 417. The molecule has 2 unspecified atom stereocenters. The molecule has 92 valence electrons. The molecule has 1 aliphatic heterocycles. The minimum Gasteiger partial charge on any atom is -0.330 e. The minimum absolute atomic E-state index is 0.337. The number of hydrogen-bond donors (Lipinski definition) is 1. The van der Waals surface area contributed by atoms with Gasteiger partial charge in [0, 0.05) is 18.2 Å². The van der Waals surface area contributed by atoms with Crippen molar-refractivity contribution in [2.24, 2.45) is 11.7 Å². The predicted octanol–water partition coefficient (Wildman–Crippen LogP) is 1.76. The summed E-state index contributed by atoms with van der Waals surface area (Å²) in [7, 11) is 2.11. The number of hydrogen-bond acceptors (Lipinski definition) is 3. The zero-order chi connectivity index (χ0) is 12.4. The summed E-state index contributed by atoms with van der Waals surface area (Å²) in [5, 5.41) is 0. The monoisotopic (exact) mass is 232 g/mol. The van der Waals surface area contributed by atoms with Gasteiger partial charge in [-0.2, -0.15) is 0 Å². The normalized spacial score (nSPS) is 25.1. The Morgan fingerprint density at radius 2 is 2.29 bits per heavy atom. The molecule has 0 bridgehead atoms. The van der Waals surface area contributed by atoms with Crippen LogP contribution in [0.3, 0.4) is 0 Å². The van der Waals surface area contributed by atoms with Crippen LogP contribution < -0.4 is 5.73 Å². The molecule has 17 heavy (non-hydrogen) atoms. The van der Waals surface area contributed by atoms with E-state index >= 15 is 0 Å². The number of carbonyl (C=O) groups excluding carboxylic acids is 1. The SMILES string of the molecule is Cc1ccc(C2CC(CN)CN2C)c(C=O)c1. The summed E-state index contributed by atoms with van der Waals surface area (Å²) in [6.45, 7) is 3.76. The van der Waals surface area contributed by atoms with E-state index in [0.29, 0.717) is 12.0 Å². The second kappa shape index (κ2) is 4.98. The lowest BCUT2D eigenvalue weighted by molar-refractivity contribution is 0.112. The van der Waals surface area contributed by atoms with Crippen LogP contribution in [0.2, 0.25) is 0 Å². The summed E-state index contributed by atoms with van der Waals surface area (Å²) >= 11 is 0. The Morgan fingerprint density at radius 3 is 2.88 bits per heavy atom. The summed E-state index contributed by atoms with van der Waals surface area (Å²) in [5.74, 6) is 0.547. The Hall–Kier alpha value is -1.19. The Morgan fingerprint density at radius 1 is 1.53 bits per heavy atom. The van der Waals surface area contributed by atoms with Crippen LogP contribution in [0.4, 0.5) is 0 Å². The Kier molecular flexibility index (Phi) is 3.60. The number of nitrogens with two attached hydrogens (primary N) is 1. The van der Waals surface area contributed by atoms with E-state index in [2.05, 4.69) is 24.1 Å². The number of benzene rings is 1. The Labute approximate surface area is 103 Å². The fourth-order valence-electron chi connectivity index (χ4n) is 2.74. The molecule has 2 atom stereocenters. The molecular weight excluding hydrogens is 212 g/mol. The Balaban J connectivity index is 2.31. The lowest BCUT2D eigenvalue weighted by Crippen LogP contribution is -2.21. The fraction of sp³-hybridized carbons (Fsp3) is 0.500. The van der Waals surface area contributed by atoms with Gasteiger partial charge in [0.25, 0.3) is 0 Å². The highest BCUT2D eigenvalue weighted by Gasteiger charge is 2.30. The number of carbonyl (C=O) groups is 1. The van der Waals surface area contributed by atoms with Crippen LogP contribution in [0.1, 0.15) is 33.9 Å². The molecule has 0 amide bonds. The predicted molar refractivity (Wildman–Crippen MR) is 69.1 cm³/mol. The van der Waals surface area contributed by atoms with Crippen LogP contribution in [0.5, 0.6) is 0 Å². The highest BCUT2D eigenvalue weighted by atomic mass is 16.1. The molecule has 3 nitrogen and oxygen atoms in total. The average Bonchev–Trinajstić information content (AvgIpc) is 2.70. The fourth-order valence-corrected chi connectivity index (χ4v) is 2.74. The van der Waals surface area contributed by atoms with Gasteiger partial charge in [0.2, 0.25) is 0 Å². The van der Waals surface area contributed by atoms with Crippen molar-refractivity contribution in [2.45, 2.75) is 19.4 Å². The maximum Gasteiger partial charge on any atom is 0.150 e. The third-order valence-electron chi connectivity index (χ3n) is 3.70. The van der Waals surface area contributed by atoms with Crippen LogP contribution in [-0.4, -0.2) is 31.3 Å². The van der Waals surface area contributed by atoms with Crippen molar-refractivity contribution in [3.05, 3.63) is 34.9 Å². The van der Waals surface area contributed by atoms with E-state index in [1.54, 1.807) is 0 Å². The van der Waals surface area contributed by atoms with Crippen molar-refractivity contribution < 1.29 is 4.79 Å². The van der Waals surface area contributed by atoms with Gasteiger partial charge in [0.1, 0.15) is 6.29 Å². The molecule has 1 aromatic carbocycles. The lowest BCUT2D eigenvalue weighted by atomic mass is 9.95. The molecule has 2 N–H and O–H groups in total. The molecule has 1 aromatic rings. The molecule has 1 saturated heterocycles. The molecule has 2 rings (SSSR count). The summed E-state index contributed by atoms with van der Waals surface area (Å²) in [6.07, 6.45) is 2.02. The highest BCUT2D eigenvalue weighted by Crippen LogP contribution is 2.35.